The van der Waals surface area contributed by atoms with Gasteiger partial charge in [-0.25, -0.2) is 0 Å². The van der Waals surface area contributed by atoms with Crippen LogP contribution in [0.2, 0.25) is 0 Å². The summed E-state index contributed by atoms with van der Waals surface area (Å²) in [5, 5.41) is 3.40. The minimum Gasteiger partial charge on any atom is -0.468 e. The van der Waals surface area contributed by atoms with Gasteiger partial charge >= 0.3 is 0 Å². The van der Waals surface area contributed by atoms with Crippen LogP contribution in [0, 0.1) is 5.92 Å². The zero-order valence-electron chi connectivity index (χ0n) is 9.41. The molecule has 1 saturated heterocycles. The van der Waals surface area contributed by atoms with Crippen LogP contribution in [-0.2, 0) is 6.54 Å². The van der Waals surface area contributed by atoms with Gasteiger partial charge in [-0.1, -0.05) is 0 Å². The largest absolute Gasteiger partial charge is 0.468 e. The van der Waals surface area contributed by atoms with Gasteiger partial charge in [0.25, 0.3) is 0 Å². The van der Waals surface area contributed by atoms with Gasteiger partial charge < -0.3 is 9.73 Å². The average molecular weight is 208 g/mol. The van der Waals surface area contributed by atoms with Gasteiger partial charge in [-0.05, 0) is 57.6 Å². The summed E-state index contributed by atoms with van der Waals surface area (Å²) < 4.78 is 5.32. The molecule has 1 aliphatic heterocycles. The third-order valence-corrected chi connectivity index (χ3v) is 3.09. The summed E-state index contributed by atoms with van der Waals surface area (Å²) in [6, 6.07) is 3.98. The van der Waals surface area contributed by atoms with Gasteiger partial charge in [0.15, 0.2) is 0 Å². The zero-order chi connectivity index (χ0) is 10.5. The Morgan fingerprint density at radius 3 is 3.20 bits per heavy atom. The standard InChI is InChI=1S/C12H20N2O/c1-14(10-12-3-2-8-15-12)7-5-11-4-6-13-9-11/h2-3,8,11,13H,4-7,9-10H2,1H3. The molecule has 1 aromatic rings. The molecule has 0 aliphatic carbocycles. The van der Waals surface area contributed by atoms with Crippen molar-refractivity contribution in [3.05, 3.63) is 24.2 Å². The highest BCUT2D eigenvalue weighted by Crippen LogP contribution is 2.13. The van der Waals surface area contributed by atoms with Gasteiger partial charge in [0.2, 0.25) is 0 Å². The predicted octanol–water partition coefficient (Wildman–Crippen LogP) is 1.71. The van der Waals surface area contributed by atoms with Crippen LogP contribution < -0.4 is 5.32 Å². The first kappa shape index (κ1) is 10.7. The maximum Gasteiger partial charge on any atom is 0.117 e. The van der Waals surface area contributed by atoms with Crippen LogP contribution in [-0.4, -0.2) is 31.6 Å². The van der Waals surface area contributed by atoms with Crippen molar-refractivity contribution in [2.75, 3.05) is 26.7 Å². The van der Waals surface area contributed by atoms with E-state index < -0.39 is 0 Å². The average Bonchev–Trinajstić information content (AvgIpc) is 2.86. The molecular formula is C12H20N2O. The van der Waals surface area contributed by atoms with Crippen LogP contribution in [0.5, 0.6) is 0 Å². The second kappa shape index (κ2) is 5.33. The van der Waals surface area contributed by atoms with Crippen molar-refractivity contribution in [1.82, 2.24) is 10.2 Å². The van der Waals surface area contributed by atoms with Crippen LogP contribution in [0.15, 0.2) is 22.8 Å². The maximum atomic E-state index is 5.32. The number of hydrogen-bond acceptors (Lipinski definition) is 3. The van der Waals surface area contributed by atoms with Crippen molar-refractivity contribution in [3.8, 4) is 0 Å². The minimum atomic E-state index is 0.879. The number of rotatable bonds is 5. The van der Waals surface area contributed by atoms with Crippen molar-refractivity contribution in [2.24, 2.45) is 5.92 Å². The van der Waals surface area contributed by atoms with Crippen molar-refractivity contribution in [2.45, 2.75) is 19.4 Å². The fourth-order valence-electron chi connectivity index (χ4n) is 2.11. The summed E-state index contributed by atoms with van der Waals surface area (Å²) in [6.45, 7) is 4.49. The topological polar surface area (TPSA) is 28.4 Å². The smallest absolute Gasteiger partial charge is 0.117 e. The molecule has 1 aliphatic rings. The van der Waals surface area contributed by atoms with Gasteiger partial charge in [-0.15, -0.1) is 0 Å². The van der Waals surface area contributed by atoms with E-state index in [0.717, 1.165) is 24.8 Å². The lowest BCUT2D eigenvalue weighted by Crippen LogP contribution is -2.21. The molecule has 0 bridgehead atoms. The zero-order valence-corrected chi connectivity index (χ0v) is 9.41. The fourth-order valence-corrected chi connectivity index (χ4v) is 2.11. The van der Waals surface area contributed by atoms with Crippen LogP contribution in [0.1, 0.15) is 18.6 Å². The molecule has 15 heavy (non-hydrogen) atoms. The first-order valence-corrected chi connectivity index (χ1v) is 5.76. The van der Waals surface area contributed by atoms with Gasteiger partial charge in [0.05, 0.1) is 12.8 Å². The molecule has 0 aromatic carbocycles. The Morgan fingerprint density at radius 1 is 1.60 bits per heavy atom. The molecule has 1 atom stereocenters. The van der Waals surface area contributed by atoms with Crippen molar-refractivity contribution in [3.63, 3.8) is 0 Å². The molecule has 1 aromatic heterocycles. The quantitative estimate of drug-likeness (QED) is 0.798. The molecule has 3 heteroatoms. The number of hydrogen-bond donors (Lipinski definition) is 1. The summed E-state index contributed by atoms with van der Waals surface area (Å²) in [5.74, 6) is 1.94. The molecule has 1 fully saturated rings. The predicted molar refractivity (Wildman–Crippen MR) is 60.6 cm³/mol. The number of nitrogens with zero attached hydrogens (tertiary/aromatic N) is 1. The molecule has 3 nitrogen and oxygen atoms in total. The lowest BCUT2D eigenvalue weighted by Gasteiger charge is -2.17. The SMILES string of the molecule is CN(CCC1CCNC1)Cc1ccco1. The first-order valence-electron chi connectivity index (χ1n) is 5.76. The summed E-state index contributed by atoms with van der Waals surface area (Å²) in [6.07, 6.45) is 4.38. The normalized spacial score (nSPS) is 21.3. The van der Waals surface area contributed by atoms with Gasteiger partial charge in [0, 0.05) is 0 Å². The van der Waals surface area contributed by atoms with E-state index >= 15 is 0 Å². The van der Waals surface area contributed by atoms with Crippen molar-refractivity contribution < 1.29 is 4.42 Å². The molecule has 2 rings (SSSR count). The highest BCUT2D eigenvalue weighted by molar-refractivity contribution is 4.97. The van der Waals surface area contributed by atoms with E-state index in [9.17, 15) is 0 Å². The Morgan fingerprint density at radius 2 is 2.53 bits per heavy atom. The fraction of sp³-hybridized carbons (Fsp3) is 0.667. The van der Waals surface area contributed by atoms with Crippen LogP contribution in [0.4, 0.5) is 0 Å². The molecular weight excluding hydrogens is 188 g/mol. The van der Waals surface area contributed by atoms with E-state index in [1.165, 1.54) is 25.9 Å². The van der Waals surface area contributed by atoms with Crippen LogP contribution in [0.3, 0.4) is 0 Å². The van der Waals surface area contributed by atoms with Crippen LogP contribution in [0.25, 0.3) is 0 Å². The van der Waals surface area contributed by atoms with E-state index in [1.807, 2.05) is 12.1 Å². The Bertz CT molecular complexity index is 265. The lowest BCUT2D eigenvalue weighted by atomic mass is 10.1. The second-order valence-corrected chi connectivity index (χ2v) is 4.46. The monoisotopic (exact) mass is 208 g/mol. The molecule has 0 spiro atoms. The summed E-state index contributed by atoms with van der Waals surface area (Å²) >= 11 is 0. The molecule has 0 amide bonds. The molecule has 1 unspecified atom stereocenters. The van der Waals surface area contributed by atoms with Gasteiger partial charge in [-0.2, -0.15) is 0 Å². The van der Waals surface area contributed by atoms with E-state index in [1.54, 1.807) is 6.26 Å². The van der Waals surface area contributed by atoms with E-state index in [4.69, 9.17) is 4.42 Å². The highest BCUT2D eigenvalue weighted by atomic mass is 16.3. The minimum absolute atomic E-state index is 0.879. The Kier molecular flexibility index (Phi) is 3.80. The lowest BCUT2D eigenvalue weighted by molar-refractivity contribution is 0.274. The van der Waals surface area contributed by atoms with Gasteiger partial charge in [-0.3, -0.25) is 4.90 Å². The molecule has 84 valence electrons. The van der Waals surface area contributed by atoms with E-state index in [2.05, 4.69) is 17.3 Å². The van der Waals surface area contributed by atoms with Gasteiger partial charge in [0.1, 0.15) is 5.76 Å². The number of furan rings is 1. The van der Waals surface area contributed by atoms with Crippen molar-refractivity contribution >= 4 is 0 Å². The van der Waals surface area contributed by atoms with E-state index in [0.29, 0.717) is 0 Å². The number of nitrogens with one attached hydrogen (secondary N) is 1. The molecule has 0 radical (unpaired) electrons. The van der Waals surface area contributed by atoms with Crippen molar-refractivity contribution in [1.29, 1.82) is 0 Å². The summed E-state index contributed by atoms with van der Waals surface area (Å²) in [5.41, 5.74) is 0. The Hall–Kier alpha value is -0.800. The Labute approximate surface area is 91.4 Å². The second-order valence-electron chi connectivity index (χ2n) is 4.46. The Balaban J connectivity index is 1.66. The third-order valence-electron chi connectivity index (χ3n) is 3.09. The highest BCUT2D eigenvalue weighted by Gasteiger charge is 2.14. The summed E-state index contributed by atoms with van der Waals surface area (Å²) in [4.78, 5) is 2.33. The molecule has 2 heterocycles. The first-order chi connectivity index (χ1) is 7.34. The van der Waals surface area contributed by atoms with E-state index in [-0.39, 0.29) is 0 Å². The maximum absolute atomic E-state index is 5.32. The summed E-state index contributed by atoms with van der Waals surface area (Å²) in [7, 11) is 2.16. The van der Waals surface area contributed by atoms with Crippen LogP contribution >= 0.6 is 0 Å². The third kappa shape index (κ3) is 3.36. The molecule has 0 saturated carbocycles. The molecule has 1 N–H and O–H groups in total.